The maximum Gasteiger partial charge on any atom is 0.454 e. The van der Waals surface area contributed by atoms with Gasteiger partial charge in [-0.2, -0.15) is 0 Å². The van der Waals surface area contributed by atoms with Gasteiger partial charge < -0.3 is 14.8 Å². The Kier molecular flexibility index (Phi) is 5.24. The lowest BCUT2D eigenvalue weighted by Crippen LogP contribution is -2.24. The van der Waals surface area contributed by atoms with Gasteiger partial charge in [0.05, 0.1) is 0 Å². The van der Waals surface area contributed by atoms with Gasteiger partial charge in [0, 0.05) is 6.20 Å². The summed E-state index contributed by atoms with van der Waals surface area (Å²) in [6, 6.07) is 3.73. The van der Waals surface area contributed by atoms with Crippen molar-refractivity contribution in [1.82, 2.24) is 4.98 Å². The largest absolute Gasteiger partial charge is 0.455 e. The molecule has 3 rings (SSSR count). The van der Waals surface area contributed by atoms with E-state index in [0.717, 1.165) is 12.8 Å². The second kappa shape index (κ2) is 6.79. The average molecular weight is 305 g/mol. The first-order chi connectivity index (χ1) is 10.3. The van der Waals surface area contributed by atoms with E-state index in [4.69, 9.17) is 14.8 Å². The Hall–Kier alpha value is -1.40. The van der Waals surface area contributed by atoms with Gasteiger partial charge >= 0.3 is 13.1 Å². The number of aromatic nitrogens is 1. The molecule has 0 aromatic carbocycles. The van der Waals surface area contributed by atoms with Gasteiger partial charge in [-0.05, 0) is 57.0 Å². The fourth-order valence-corrected chi connectivity index (χ4v) is 1.91. The Morgan fingerprint density at radius 2 is 1.86 bits per heavy atom. The van der Waals surface area contributed by atoms with Crippen molar-refractivity contribution >= 4 is 13.1 Å². The highest BCUT2D eigenvalue weighted by Gasteiger charge is 2.33. The predicted molar refractivity (Wildman–Crippen MR) is 84.6 cm³/mol. The number of ether oxygens (including phenoxy) is 1. The predicted octanol–water partition coefficient (Wildman–Crippen LogP) is 2.54. The number of carbonyl (C=O) groups excluding carboxylic acids is 1. The van der Waals surface area contributed by atoms with Gasteiger partial charge in [0.25, 0.3) is 0 Å². The third kappa shape index (κ3) is 5.77. The van der Waals surface area contributed by atoms with Crippen LogP contribution in [0.5, 0.6) is 0 Å². The van der Waals surface area contributed by atoms with E-state index in [0.29, 0.717) is 11.6 Å². The number of hydrogen-bond acceptors (Lipinski definition) is 5. The topological polar surface area (TPSA) is 79.7 Å². The zero-order chi connectivity index (χ0) is 16.3. The van der Waals surface area contributed by atoms with Gasteiger partial charge in [-0.15, -0.1) is 0 Å². The standard InChI is InChI=1S/C13H17NO2.C3H7BO2/c1-13(2,3)16-12(15)11-7-6-10(8-14-11)9-4-5-9;5-4(6)3-1-2-3/h6-9H,4-5H2,1-3H3;3,5-6H,1-2H2. The lowest BCUT2D eigenvalue weighted by atomic mass is 9.84. The second-order valence-corrected chi connectivity index (χ2v) is 7.00. The van der Waals surface area contributed by atoms with Crippen LogP contribution in [0, 0.1) is 0 Å². The molecule has 5 nitrogen and oxygen atoms in total. The maximum absolute atomic E-state index is 11.7. The van der Waals surface area contributed by atoms with Gasteiger partial charge in [-0.1, -0.05) is 18.9 Å². The van der Waals surface area contributed by atoms with Gasteiger partial charge in [0.1, 0.15) is 11.3 Å². The Balaban J connectivity index is 0.000000246. The van der Waals surface area contributed by atoms with Crippen LogP contribution in [0.4, 0.5) is 0 Å². The minimum atomic E-state index is -1.04. The summed E-state index contributed by atoms with van der Waals surface area (Å²) in [4.78, 5) is 15.8. The monoisotopic (exact) mass is 305 g/mol. The van der Waals surface area contributed by atoms with Crippen molar-refractivity contribution in [3.05, 3.63) is 29.6 Å². The van der Waals surface area contributed by atoms with Crippen molar-refractivity contribution < 1.29 is 19.6 Å². The van der Waals surface area contributed by atoms with E-state index in [9.17, 15) is 4.79 Å². The zero-order valence-electron chi connectivity index (χ0n) is 13.5. The minimum Gasteiger partial charge on any atom is -0.455 e. The molecule has 2 aliphatic carbocycles. The number of carbonyl (C=O) groups is 1. The molecule has 2 saturated carbocycles. The van der Waals surface area contributed by atoms with Gasteiger partial charge in [0.15, 0.2) is 0 Å². The third-order valence-corrected chi connectivity index (χ3v) is 3.49. The van der Waals surface area contributed by atoms with Crippen LogP contribution in [0.1, 0.15) is 68.4 Å². The van der Waals surface area contributed by atoms with Gasteiger partial charge in [-0.3, -0.25) is 0 Å². The molecule has 6 heteroatoms. The molecular formula is C16H24BNO4. The molecule has 0 aliphatic heterocycles. The fraction of sp³-hybridized carbons (Fsp3) is 0.625. The molecule has 0 amide bonds. The first-order valence-electron chi connectivity index (χ1n) is 7.81. The maximum atomic E-state index is 11.7. The van der Waals surface area contributed by atoms with E-state index in [-0.39, 0.29) is 11.8 Å². The molecule has 0 unspecified atom stereocenters. The minimum absolute atomic E-state index is 0.213. The lowest BCUT2D eigenvalue weighted by Gasteiger charge is -2.19. The van der Waals surface area contributed by atoms with Crippen molar-refractivity contribution in [3.8, 4) is 0 Å². The van der Waals surface area contributed by atoms with Crippen LogP contribution in [0.3, 0.4) is 0 Å². The lowest BCUT2D eigenvalue weighted by molar-refractivity contribution is 0.00628. The summed E-state index contributed by atoms with van der Waals surface area (Å²) in [5.74, 6) is 0.528. The molecule has 1 heterocycles. The quantitative estimate of drug-likeness (QED) is 0.662. The summed E-state index contributed by atoms with van der Waals surface area (Å²) < 4.78 is 5.24. The summed E-state index contributed by atoms with van der Waals surface area (Å²) in [6.45, 7) is 5.55. The Morgan fingerprint density at radius 3 is 2.18 bits per heavy atom. The van der Waals surface area contributed by atoms with Crippen molar-refractivity contribution in [2.45, 2.75) is 63.8 Å². The highest BCUT2D eigenvalue weighted by molar-refractivity contribution is 6.44. The van der Waals surface area contributed by atoms with Crippen LogP contribution < -0.4 is 0 Å². The summed E-state index contributed by atoms with van der Waals surface area (Å²) in [5.41, 5.74) is 1.15. The molecule has 0 radical (unpaired) electrons. The molecule has 0 atom stereocenters. The molecule has 0 spiro atoms. The Labute approximate surface area is 131 Å². The molecule has 0 bridgehead atoms. The summed E-state index contributed by atoms with van der Waals surface area (Å²) in [7, 11) is -1.04. The van der Waals surface area contributed by atoms with E-state index in [1.54, 1.807) is 12.3 Å². The molecular weight excluding hydrogens is 281 g/mol. The summed E-state index contributed by atoms with van der Waals surface area (Å²) in [5, 5.41) is 16.5. The van der Waals surface area contributed by atoms with E-state index in [1.807, 2.05) is 26.8 Å². The number of nitrogens with zero attached hydrogens (tertiary/aromatic N) is 1. The molecule has 2 N–H and O–H groups in total. The molecule has 1 aromatic heterocycles. The molecule has 1 aromatic rings. The normalized spacial score (nSPS) is 17.3. The van der Waals surface area contributed by atoms with Crippen LogP contribution in [-0.2, 0) is 4.74 Å². The number of rotatable bonds is 3. The van der Waals surface area contributed by atoms with Crippen LogP contribution in [0.2, 0.25) is 5.82 Å². The highest BCUT2D eigenvalue weighted by Crippen LogP contribution is 2.39. The zero-order valence-corrected chi connectivity index (χ0v) is 13.5. The second-order valence-electron chi connectivity index (χ2n) is 7.00. The van der Waals surface area contributed by atoms with Crippen molar-refractivity contribution in [2.24, 2.45) is 0 Å². The van der Waals surface area contributed by atoms with E-state index >= 15 is 0 Å². The molecule has 120 valence electrons. The fourth-order valence-electron chi connectivity index (χ4n) is 1.91. The SMILES string of the molecule is CC(C)(C)OC(=O)c1ccc(C2CC2)cn1.OB(O)C1CC1. The number of pyridine rings is 1. The molecule has 2 aliphatic rings. The Morgan fingerprint density at radius 1 is 1.23 bits per heavy atom. The third-order valence-electron chi connectivity index (χ3n) is 3.49. The van der Waals surface area contributed by atoms with Gasteiger partial charge in [0.2, 0.25) is 0 Å². The van der Waals surface area contributed by atoms with E-state index < -0.39 is 12.7 Å². The smallest absolute Gasteiger partial charge is 0.454 e. The number of hydrogen-bond donors (Lipinski definition) is 2. The first-order valence-corrected chi connectivity index (χ1v) is 7.81. The molecule has 22 heavy (non-hydrogen) atoms. The summed E-state index contributed by atoms with van der Waals surface area (Å²) >= 11 is 0. The highest BCUT2D eigenvalue weighted by atomic mass is 16.6. The molecule has 2 fully saturated rings. The van der Waals surface area contributed by atoms with Crippen LogP contribution in [-0.4, -0.2) is 33.7 Å². The van der Waals surface area contributed by atoms with Crippen molar-refractivity contribution in [1.29, 1.82) is 0 Å². The van der Waals surface area contributed by atoms with Crippen LogP contribution >= 0.6 is 0 Å². The average Bonchev–Trinajstić information content (AvgIpc) is 3.29. The van der Waals surface area contributed by atoms with Crippen molar-refractivity contribution in [3.63, 3.8) is 0 Å². The van der Waals surface area contributed by atoms with Crippen LogP contribution in [0.25, 0.3) is 0 Å². The number of esters is 1. The van der Waals surface area contributed by atoms with E-state index in [2.05, 4.69) is 4.98 Å². The summed E-state index contributed by atoms with van der Waals surface area (Å²) in [6.07, 6.45) is 6.27. The Bertz CT molecular complexity index is 502. The van der Waals surface area contributed by atoms with Crippen molar-refractivity contribution in [2.75, 3.05) is 0 Å². The van der Waals surface area contributed by atoms with E-state index in [1.165, 1.54) is 18.4 Å². The first kappa shape index (κ1) is 17.0. The van der Waals surface area contributed by atoms with Gasteiger partial charge in [-0.25, -0.2) is 9.78 Å². The van der Waals surface area contributed by atoms with Crippen LogP contribution in [0.15, 0.2) is 18.3 Å². The molecule has 0 saturated heterocycles.